The molecule has 204 valence electrons. The summed E-state index contributed by atoms with van der Waals surface area (Å²) in [5.74, 6) is 1.68. The van der Waals surface area contributed by atoms with E-state index in [1.165, 1.54) is 25.9 Å². The molecule has 1 saturated heterocycles. The zero-order valence-corrected chi connectivity index (χ0v) is 22.8. The van der Waals surface area contributed by atoms with Crippen molar-refractivity contribution in [1.29, 1.82) is 0 Å². The van der Waals surface area contributed by atoms with Gasteiger partial charge in [-0.3, -0.25) is 14.4 Å². The number of nitrogens with one attached hydrogen (secondary N) is 1. The summed E-state index contributed by atoms with van der Waals surface area (Å²) in [5.41, 5.74) is 4.32. The number of nitrogens with zero attached hydrogens (tertiary/aromatic N) is 5. The van der Waals surface area contributed by atoms with Crippen LogP contribution in [-0.4, -0.2) is 70.9 Å². The number of carbonyl (C=O) groups excluding carboxylic acids is 1. The Morgan fingerprint density at radius 2 is 1.97 bits per heavy atom. The Hall–Kier alpha value is -3.62. The number of hydrogen-bond donors (Lipinski definition) is 1. The summed E-state index contributed by atoms with van der Waals surface area (Å²) in [7, 11) is 1.90. The minimum Gasteiger partial charge on any atom is -0.493 e. The number of rotatable bonds is 9. The predicted molar refractivity (Wildman–Crippen MR) is 155 cm³/mol. The number of ether oxygens (including phenoxy) is 1. The highest BCUT2D eigenvalue weighted by molar-refractivity contribution is 6.08. The minimum absolute atomic E-state index is 0.0526. The summed E-state index contributed by atoms with van der Waals surface area (Å²) < 4.78 is 8.03. The lowest BCUT2D eigenvalue weighted by Gasteiger charge is -2.34. The molecule has 3 aliphatic rings. The molecular weight excluding hydrogens is 488 g/mol. The molecule has 1 aliphatic carbocycles. The molecule has 0 bridgehead atoms. The first-order chi connectivity index (χ1) is 19.1. The van der Waals surface area contributed by atoms with Crippen LogP contribution >= 0.6 is 0 Å². The number of allylic oxidation sites excluding steroid dienone is 1. The van der Waals surface area contributed by atoms with Crippen molar-refractivity contribution in [3.8, 4) is 5.75 Å². The van der Waals surface area contributed by atoms with E-state index in [0.29, 0.717) is 25.1 Å². The second-order valence-corrected chi connectivity index (χ2v) is 10.8. The van der Waals surface area contributed by atoms with Crippen LogP contribution in [0.3, 0.4) is 0 Å². The number of fused-ring (bicyclic) bond motifs is 2. The van der Waals surface area contributed by atoms with Gasteiger partial charge in [0, 0.05) is 56.9 Å². The van der Waals surface area contributed by atoms with Gasteiger partial charge in [-0.05, 0) is 61.6 Å². The van der Waals surface area contributed by atoms with E-state index in [4.69, 9.17) is 4.74 Å². The summed E-state index contributed by atoms with van der Waals surface area (Å²) in [6.07, 6.45) is 8.09. The van der Waals surface area contributed by atoms with Gasteiger partial charge in [-0.2, -0.15) is 5.10 Å². The van der Waals surface area contributed by atoms with Gasteiger partial charge in [0.2, 0.25) is 0 Å². The second-order valence-electron chi connectivity index (χ2n) is 10.8. The van der Waals surface area contributed by atoms with Crippen molar-refractivity contribution < 1.29 is 9.53 Å². The number of amides is 1. The Kier molecular flexibility index (Phi) is 7.39. The van der Waals surface area contributed by atoms with E-state index in [-0.39, 0.29) is 5.91 Å². The number of anilines is 3. The van der Waals surface area contributed by atoms with Crippen molar-refractivity contribution >= 4 is 23.1 Å². The Bertz CT molecular complexity index is 1340. The maximum Gasteiger partial charge on any atom is 0.258 e. The highest BCUT2D eigenvalue weighted by Gasteiger charge is 2.31. The zero-order chi connectivity index (χ0) is 26.8. The lowest BCUT2D eigenvalue weighted by molar-refractivity contribution is 0.0985. The van der Waals surface area contributed by atoms with E-state index < -0.39 is 0 Å². The molecule has 2 aromatic carbocycles. The van der Waals surface area contributed by atoms with E-state index in [0.717, 1.165) is 66.2 Å². The molecule has 1 aromatic heterocycles. The molecule has 3 heterocycles. The van der Waals surface area contributed by atoms with Gasteiger partial charge in [0.05, 0.1) is 30.7 Å². The van der Waals surface area contributed by atoms with Crippen LogP contribution in [0.1, 0.15) is 40.7 Å². The first kappa shape index (κ1) is 25.6. The number of aromatic nitrogens is 2. The lowest BCUT2D eigenvalue weighted by atomic mass is 10.0. The third-order valence-electron chi connectivity index (χ3n) is 8.05. The number of benzene rings is 2. The smallest absolute Gasteiger partial charge is 0.258 e. The molecule has 8 nitrogen and oxygen atoms in total. The summed E-state index contributed by atoms with van der Waals surface area (Å²) in [6, 6.07) is 14.6. The quantitative estimate of drug-likeness (QED) is 0.325. The third-order valence-corrected chi connectivity index (χ3v) is 8.05. The Morgan fingerprint density at radius 1 is 1.15 bits per heavy atom. The standard InChI is InChI=1S/C31H38N6O2/c1-3-7-23-20-24(10-13-29(23)39-19-6-14-35-15-17-36(18-16-35)26-11-12-26)31(38)37-22-25-21-32-34(2)30(25)33-27-8-4-5-9-28(27)37/h3-5,8-10,13,20-21,26,33H,1,6-7,11-12,14-19,22H2,2H3. The van der Waals surface area contributed by atoms with Crippen LogP contribution in [0.4, 0.5) is 17.2 Å². The normalized spacial score (nSPS) is 17.6. The fourth-order valence-corrected chi connectivity index (χ4v) is 5.73. The van der Waals surface area contributed by atoms with Gasteiger partial charge < -0.3 is 19.9 Å². The van der Waals surface area contributed by atoms with Crippen LogP contribution in [0, 0.1) is 0 Å². The maximum absolute atomic E-state index is 13.9. The number of aryl methyl sites for hydroxylation is 1. The Balaban J connectivity index is 1.12. The SMILES string of the molecule is C=CCc1cc(C(=O)N2Cc3cnn(C)c3Nc3ccccc32)ccc1OCCCN1CCN(C2CC2)CC1. The van der Waals surface area contributed by atoms with Gasteiger partial charge in [0.25, 0.3) is 5.91 Å². The van der Waals surface area contributed by atoms with Crippen molar-refractivity contribution in [3.05, 3.63) is 78.0 Å². The summed E-state index contributed by atoms with van der Waals surface area (Å²) >= 11 is 0. The van der Waals surface area contributed by atoms with Crippen LogP contribution in [0.15, 0.2) is 61.3 Å². The van der Waals surface area contributed by atoms with Crippen molar-refractivity contribution in [1.82, 2.24) is 19.6 Å². The van der Waals surface area contributed by atoms with E-state index in [2.05, 4.69) is 26.8 Å². The Morgan fingerprint density at radius 3 is 2.77 bits per heavy atom. The maximum atomic E-state index is 13.9. The van der Waals surface area contributed by atoms with Gasteiger partial charge in [-0.1, -0.05) is 18.2 Å². The molecule has 0 spiro atoms. The van der Waals surface area contributed by atoms with Gasteiger partial charge in [-0.15, -0.1) is 6.58 Å². The van der Waals surface area contributed by atoms with Crippen LogP contribution in [0.25, 0.3) is 0 Å². The molecule has 1 N–H and O–H groups in total. The van der Waals surface area contributed by atoms with Crippen LogP contribution in [0.2, 0.25) is 0 Å². The molecule has 0 atom stereocenters. The molecular formula is C31H38N6O2. The molecule has 0 unspecified atom stereocenters. The highest BCUT2D eigenvalue weighted by atomic mass is 16.5. The Labute approximate surface area is 230 Å². The molecule has 6 rings (SSSR count). The topological polar surface area (TPSA) is 65.9 Å². The van der Waals surface area contributed by atoms with E-state index in [9.17, 15) is 4.79 Å². The molecule has 2 fully saturated rings. The molecule has 8 heteroatoms. The summed E-state index contributed by atoms with van der Waals surface area (Å²) in [4.78, 5) is 20.9. The molecule has 1 saturated carbocycles. The molecule has 39 heavy (non-hydrogen) atoms. The van der Waals surface area contributed by atoms with Crippen LogP contribution in [0.5, 0.6) is 5.75 Å². The average Bonchev–Trinajstić information content (AvgIpc) is 3.77. The van der Waals surface area contributed by atoms with Crippen molar-refractivity contribution in [2.75, 3.05) is 49.5 Å². The van der Waals surface area contributed by atoms with E-state index in [1.54, 1.807) is 0 Å². The van der Waals surface area contributed by atoms with Crippen LogP contribution < -0.4 is 15.0 Å². The predicted octanol–water partition coefficient (Wildman–Crippen LogP) is 4.60. The number of piperazine rings is 1. The second kappa shape index (κ2) is 11.2. The third kappa shape index (κ3) is 5.58. The first-order valence-electron chi connectivity index (χ1n) is 14.1. The van der Waals surface area contributed by atoms with Crippen molar-refractivity contribution in [2.45, 2.75) is 38.3 Å². The fraction of sp³-hybridized carbons (Fsp3) is 0.419. The summed E-state index contributed by atoms with van der Waals surface area (Å²) in [5, 5.41) is 7.85. The number of carbonyl (C=O) groups is 1. The molecule has 1 amide bonds. The lowest BCUT2D eigenvalue weighted by Crippen LogP contribution is -2.47. The molecule has 2 aliphatic heterocycles. The highest BCUT2D eigenvalue weighted by Crippen LogP contribution is 2.36. The van der Waals surface area contributed by atoms with Crippen LogP contribution in [-0.2, 0) is 20.0 Å². The molecule has 3 aromatic rings. The summed E-state index contributed by atoms with van der Waals surface area (Å²) in [6.45, 7) is 10.8. The van der Waals surface area contributed by atoms with Crippen molar-refractivity contribution in [2.24, 2.45) is 7.05 Å². The monoisotopic (exact) mass is 526 g/mol. The van der Waals surface area contributed by atoms with Gasteiger partial charge in [0.1, 0.15) is 11.6 Å². The van der Waals surface area contributed by atoms with E-state index in [1.807, 2.05) is 71.4 Å². The van der Waals surface area contributed by atoms with Gasteiger partial charge >= 0.3 is 0 Å². The van der Waals surface area contributed by atoms with Crippen molar-refractivity contribution in [3.63, 3.8) is 0 Å². The zero-order valence-electron chi connectivity index (χ0n) is 22.8. The minimum atomic E-state index is -0.0526. The molecule has 0 radical (unpaired) electrons. The average molecular weight is 527 g/mol. The number of para-hydroxylation sites is 2. The van der Waals surface area contributed by atoms with Gasteiger partial charge in [-0.25, -0.2) is 0 Å². The largest absolute Gasteiger partial charge is 0.493 e. The van der Waals surface area contributed by atoms with E-state index >= 15 is 0 Å². The van der Waals surface area contributed by atoms with Gasteiger partial charge in [0.15, 0.2) is 0 Å². The number of hydrogen-bond acceptors (Lipinski definition) is 6. The fourth-order valence-electron chi connectivity index (χ4n) is 5.73. The first-order valence-corrected chi connectivity index (χ1v) is 14.1.